The molecule has 4 N–H and O–H groups in total. The minimum absolute atomic E-state index is 0.0280. The SMILES string of the molecule is O=C(O)CN(CC(=O)O)Cc1cccc(-c2cc(-c3c4ccccc4cc4ccccc34)cc(-c3cccc(CN(CC(=O)O)CC(=O)O)n3)n2)n1. The highest BCUT2D eigenvalue weighted by molar-refractivity contribution is 6.13. The largest absolute Gasteiger partial charge is 0.480 e. The average Bonchev–Trinajstić information content (AvgIpc) is 3.09. The molecule has 0 aliphatic heterocycles. The van der Waals surface area contributed by atoms with E-state index < -0.39 is 50.1 Å². The van der Waals surface area contributed by atoms with Gasteiger partial charge in [-0.25, -0.2) is 15.0 Å². The van der Waals surface area contributed by atoms with Gasteiger partial charge in [-0.3, -0.25) is 29.0 Å². The molecule has 0 atom stereocenters. The molecule has 6 aromatic rings. The van der Waals surface area contributed by atoms with Crippen LogP contribution in [0.1, 0.15) is 11.4 Å². The topological polar surface area (TPSA) is 194 Å². The third-order valence-corrected chi connectivity index (χ3v) is 8.23. The Kier molecular flexibility index (Phi) is 10.5. The van der Waals surface area contributed by atoms with Crippen LogP contribution in [-0.4, -0.2) is 95.2 Å². The number of nitrogens with zero attached hydrogens (tertiary/aromatic N) is 5. The maximum atomic E-state index is 11.5. The second-order valence-electron chi connectivity index (χ2n) is 12.2. The van der Waals surface area contributed by atoms with Crippen LogP contribution in [0.25, 0.3) is 55.4 Å². The molecule has 0 saturated heterocycles. The minimum atomic E-state index is -1.16. The molecule has 0 saturated carbocycles. The summed E-state index contributed by atoms with van der Waals surface area (Å²) < 4.78 is 0. The van der Waals surface area contributed by atoms with Crippen LogP contribution < -0.4 is 0 Å². The van der Waals surface area contributed by atoms with E-state index in [4.69, 9.17) is 15.0 Å². The number of carboxylic acid groups (broad SMARTS) is 4. The first-order valence-electron chi connectivity index (χ1n) is 16.2. The number of hydrogen-bond acceptors (Lipinski definition) is 9. The van der Waals surface area contributed by atoms with E-state index in [1.807, 2.05) is 60.7 Å². The fourth-order valence-electron chi connectivity index (χ4n) is 6.24. The van der Waals surface area contributed by atoms with Gasteiger partial charge in [-0.05, 0) is 75.1 Å². The Morgan fingerprint density at radius 1 is 0.462 bits per heavy atom. The van der Waals surface area contributed by atoms with Crippen molar-refractivity contribution in [1.82, 2.24) is 24.8 Å². The lowest BCUT2D eigenvalue weighted by Gasteiger charge is -2.18. The highest BCUT2D eigenvalue weighted by Gasteiger charge is 2.19. The van der Waals surface area contributed by atoms with Gasteiger partial charge in [0.2, 0.25) is 0 Å². The number of carbonyl (C=O) groups is 4. The molecule has 0 bridgehead atoms. The third-order valence-electron chi connectivity index (χ3n) is 8.23. The van der Waals surface area contributed by atoms with Crippen LogP contribution in [0.5, 0.6) is 0 Å². The Hall–Kier alpha value is -6.57. The molecule has 0 aliphatic rings. The van der Waals surface area contributed by atoms with Crippen LogP contribution in [-0.2, 0) is 32.3 Å². The van der Waals surface area contributed by atoms with Gasteiger partial charge in [0.15, 0.2) is 0 Å². The highest BCUT2D eigenvalue weighted by Crippen LogP contribution is 2.39. The van der Waals surface area contributed by atoms with Crippen molar-refractivity contribution in [2.45, 2.75) is 13.1 Å². The van der Waals surface area contributed by atoms with Gasteiger partial charge in [0.1, 0.15) is 0 Å². The summed E-state index contributed by atoms with van der Waals surface area (Å²) in [4.78, 5) is 62.9. The van der Waals surface area contributed by atoms with E-state index in [-0.39, 0.29) is 13.1 Å². The first-order chi connectivity index (χ1) is 25.0. The summed E-state index contributed by atoms with van der Waals surface area (Å²) in [6.45, 7) is -1.99. The molecule has 0 aliphatic carbocycles. The number of benzene rings is 3. The first kappa shape index (κ1) is 35.3. The fraction of sp³-hybridized carbons (Fsp3) is 0.154. The van der Waals surface area contributed by atoms with E-state index in [0.717, 1.165) is 32.7 Å². The number of fused-ring (bicyclic) bond motifs is 2. The summed E-state index contributed by atoms with van der Waals surface area (Å²) in [5.41, 5.74) is 4.52. The minimum Gasteiger partial charge on any atom is -0.480 e. The zero-order valence-corrected chi connectivity index (χ0v) is 27.7. The maximum absolute atomic E-state index is 11.5. The molecule has 0 spiro atoms. The smallest absolute Gasteiger partial charge is 0.317 e. The van der Waals surface area contributed by atoms with Crippen molar-refractivity contribution in [2.24, 2.45) is 0 Å². The first-order valence-corrected chi connectivity index (χ1v) is 16.2. The average molecular weight is 700 g/mol. The molecule has 3 aromatic carbocycles. The van der Waals surface area contributed by atoms with E-state index in [9.17, 15) is 39.6 Å². The molecule has 0 amide bonds. The molecule has 0 fully saturated rings. The summed E-state index contributed by atoms with van der Waals surface area (Å²) in [5, 5.41) is 41.5. The van der Waals surface area contributed by atoms with Crippen LogP contribution in [0.15, 0.2) is 103 Å². The standard InChI is InChI=1S/C39H33N5O8/c45-35(46)20-43(21-36(47)48)18-27-9-5-13-31(40-27)33-16-26(39-29-11-3-1-7-24(29)15-25-8-2-4-12-30(25)39)17-34(42-33)32-14-6-10-28(41-32)19-44(22-37(49)50)23-38(51)52/h1-17H,18-23H2,(H,45,46)(H,47,48)(H,49,50)(H,51,52). The van der Waals surface area contributed by atoms with Gasteiger partial charge in [-0.15, -0.1) is 0 Å². The normalized spacial score (nSPS) is 11.3. The predicted molar refractivity (Wildman–Crippen MR) is 192 cm³/mol. The molecule has 52 heavy (non-hydrogen) atoms. The van der Waals surface area contributed by atoms with Crippen molar-refractivity contribution >= 4 is 45.4 Å². The van der Waals surface area contributed by atoms with Gasteiger partial charge in [0.25, 0.3) is 0 Å². The van der Waals surface area contributed by atoms with Crippen LogP contribution >= 0.6 is 0 Å². The monoisotopic (exact) mass is 699 g/mol. The van der Waals surface area contributed by atoms with Crippen molar-refractivity contribution < 1.29 is 39.6 Å². The van der Waals surface area contributed by atoms with E-state index in [2.05, 4.69) is 6.07 Å². The van der Waals surface area contributed by atoms with Gasteiger partial charge in [-0.1, -0.05) is 60.7 Å². The second-order valence-corrected chi connectivity index (χ2v) is 12.2. The summed E-state index contributed by atoms with van der Waals surface area (Å²) >= 11 is 0. The zero-order valence-electron chi connectivity index (χ0n) is 27.7. The Balaban J connectivity index is 1.51. The Bertz CT molecular complexity index is 2140. The maximum Gasteiger partial charge on any atom is 0.317 e. The molecular weight excluding hydrogens is 666 g/mol. The molecule has 13 nitrogen and oxygen atoms in total. The highest BCUT2D eigenvalue weighted by atomic mass is 16.4. The van der Waals surface area contributed by atoms with Gasteiger partial charge in [0.05, 0.1) is 60.3 Å². The lowest BCUT2D eigenvalue weighted by atomic mass is 9.91. The summed E-state index contributed by atoms with van der Waals surface area (Å²) in [7, 11) is 0. The molecule has 0 radical (unpaired) electrons. The fourth-order valence-corrected chi connectivity index (χ4v) is 6.24. The zero-order chi connectivity index (χ0) is 36.8. The second kappa shape index (κ2) is 15.5. The molecule has 3 aromatic heterocycles. The number of aromatic nitrogens is 3. The van der Waals surface area contributed by atoms with Crippen LogP contribution in [0.3, 0.4) is 0 Å². The molecule has 262 valence electrons. The van der Waals surface area contributed by atoms with Crippen molar-refractivity contribution in [3.05, 3.63) is 115 Å². The van der Waals surface area contributed by atoms with Crippen molar-refractivity contribution in [2.75, 3.05) is 26.2 Å². The van der Waals surface area contributed by atoms with E-state index in [0.29, 0.717) is 34.2 Å². The van der Waals surface area contributed by atoms with E-state index in [1.165, 1.54) is 9.80 Å². The number of pyridine rings is 3. The number of aliphatic carboxylic acids is 4. The molecule has 3 heterocycles. The Morgan fingerprint density at radius 2 is 0.865 bits per heavy atom. The van der Waals surface area contributed by atoms with Gasteiger partial charge >= 0.3 is 23.9 Å². The summed E-state index contributed by atoms with van der Waals surface area (Å²) in [6.07, 6.45) is 0. The van der Waals surface area contributed by atoms with Crippen molar-refractivity contribution in [3.63, 3.8) is 0 Å². The van der Waals surface area contributed by atoms with Crippen molar-refractivity contribution in [3.8, 4) is 33.9 Å². The van der Waals surface area contributed by atoms with Crippen molar-refractivity contribution in [1.29, 1.82) is 0 Å². The molecule has 13 heteroatoms. The lowest BCUT2D eigenvalue weighted by molar-refractivity contribution is -0.144. The number of rotatable bonds is 15. The quantitative estimate of drug-likeness (QED) is 0.103. The van der Waals surface area contributed by atoms with Gasteiger partial charge in [-0.2, -0.15) is 0 Å². The third kappa shape index (κ3) is 8.59. The van der Waals surface area contributed by atoms with Crippen LogP contribution in [0, 0.1) is 0 Å². The lowest BCUT2D eigenvalue weighted by Crippen LogP contribution is -2.34. The Labute approximate surface area is 297 Å². The molecular formula is C39H33N5O8. The van der Waals surface area contributed by atoms with Gasteiger partial charge in [0, 0.05) is 13.1 Å². The number of carboxylic acids is 4. The summed E-state index contributed by atoms with van der Waals surface area (Å²) in [6, 6.07) is 32.5. The number of hydrogen-bond donors (Lipinski definition) is 4. The molecule has 6 rings (SSSR count). The summed E-state index contributed by atoms with van der Waals surface area (Å²) in [5.74, 6) is -4.66. The van der Waals surface area contributed by atoms with Crippen LogP contribution in [0.4, 0.5) is 0 Å². The van der Waals surface area contributed by atoms with Crippen LogP contribution in [0.2, 0.25) is 0 Å². The Morgan fingerprint density at radius 3 is 1.27 bits per heavy atom. The van der Waals surface area contributed by atoms with E-state index >= 15 is 0 Å². The van der Waals surface area contributed by atoms with Gasteiger partial charge < -0.3 is 20.4 Å². The van der Waals surface area contributed by atoms with E-state index in [1.54, 1.807) is 36.4 Å². The predicted octanol–water partition coefficient (Wildman–Crippen LogP) is 5.12. The molecule has 0 unspecified atom stereocenters.